The SMILES string of the molecule is O=C(CCS(=O)(=O)c1ccccc1)NCCc1ccc(Cl)cc1. The van der Waals surface area contributed by atoms with E-state index in [0.717, 1.165) is 5.56 Å². The maximum Gasteiger partial charge on any atom is 0.221 e. The van der Waals surface area contributed by atoms with Crippen LogP contribution >= 0.6 is 11.6 Å². The number of amides is 1. The third kappa shape index (κ3) is 5.69. The van der Waals surface area contributed by atoms with E-state index < -0.39 is 9.84 Å². The zero-order chi connectivity index (χ0) is 16.7. The minimum absolute atomic E-state index is 0.0438. The Morgan fingerprint density at radius 2 is 1.65 bits per heavy atom. The number of benzene rings is 2. The Morgan fingerprint density at radius 1 is 1.00 bits per heavy atom. The fourth-order valence-corrected chi connectivity index (χ4v) is 3.45. The molecule has 0 aliphatic carbocycles. The fourth-order valence-electron chi connectivity index (χ4n) is 2.06. The summed E-state index contributed by atoms with van der Waals surface area (Å²) < 4.78 is 24.1. The van der Waals surface area contributed by atoms with Crippen LogP contribution in [0.1, 0.15) is 12.0 Å². The van der Waals surface area contributed by atoms with Gasteiger partial charge in [-0.1, -0.05) is 41.9 Å². The molecule has 0 saturated carbocycles. The van der Waals surface area contributed by atoms with Crippen LogP contribution in [-0.4, -0.2) is 26.6 Å². The van der Waals surface area contributed by atoms with E-state index in [0.29, 0.717) is 18.0 Å². The van der Waals surface area contributed by atoms with Crippen molar-refractivity contribution in [2.24, 2.45) is 0 Å². The van der Waals surface area contributed by atoms with Crippen molar-refractivity contribution in [2.75, 3.05) is 12.3 Å². The average Bonchev–Trinajstić information content (AvgIpc) is 2.56. The maximum atomic E-state index is 12.1. The van der Waals surface area contributed by atoms with Gasteiger partial charge in [0.05, 0.1) is 10.6 Å². The molecule has 0 aromatic heterocycles. The minimum Gasteiger partial charge on any atom is -0.356 e. The molecule has 0 bridgehead atoms. The largest absolute Gasteiger partial charge is 0.356 e. The van der Waals surface area contributed by atoms with E-state index in [1.165, 1.54) is 12.1 Å². The first-order valence-electron chi connectivity index (χ1n) is 7.26. The lowest BCUT2D eigenvalue weighted by atomic mass is 10.1. The van der Waals surface area contributed by atoms with E-state index in [9.17, 15) is 13.2 Å². The molecule has 23 heavy (non-hydrogen) atoms. The van der Waals surface area contributed by atoms with E-state index >= 15 is 0 Å². The summed E-state index contributed by atoms with van der Waals surface area (Å²) in [6.07, 6.45) is 0.631. The second kappa shape index (κ2) is 8.13. The van der Waals surface area contributed by atoms with Gasteiger partial charge in [-0.2, -0.15) is 0 Å². The molecule has 1 N–H and O–H groups in total. The topological polar surface area (TPSA) is 63.2 Å². The highest BCUT2D eigenvalue weighted by Gasteiger charge is 2.15. The Kier molecular flexibility index (Phi) is 6.19. The van der Waals surface area contributed by atoms with Crippen molar-refractivity contribution in [1.82, 2.24) is 5.32 Å². The number of sulfone groups is 1. The molecule has 0 saturated heterocycles. The highest BCUT2D eigenvalue weighted by atomic mass is 35.5. The Balaban J connectivity index is 1.76. The second-order valence-electron chi connectivity index (χ2n) is 5.11. The molecule has 0 fully saturated rings. The summed E-state index contributed by atoms with van der Waals surface area (Å²) in [6, 6.07) is 15.5. The molecular formula is C17H18ClNO3S. The standard InChI is InChI=1S/C17H18ClNO3S/c18-15-8-6-14(7-9-15)10-12-19-17(20)11-13-23(21,22)16-4-2-1-3-5-16/h1-9H,10-13H2,(H,19,20). The van der Waals surface area contributed by atoms with Crippen molar-refractivity contribution in [1.29, 1.82) is 0 Å². The number of carbonyl (C=O) groups excluding carboxylic acids is 1. The Morgan fingerprint density at radius 3 is 2.30 bits per heavy atom. The number of carbonyl (C=O) groups is 1. The van der Waals surface area contributed by atoms with Gasteiger partial charge in [-0.3, -0.25) is 4.79 Å². The number of nitrogens with one attached hydrogen (secondary N) is 1. The molecular weight excluding hydrogens is 334 g/mol. The van der Waals surface area contributed by atoms with Gasteiger partial charge in [0.1, 0.15) is 0 Å². The van der Waals surface area contributed by atoms with E-state index in [1.807, 2.05) is 12.1 Å². The van der Waals surface area contributed by atoms with Crippen LogP contribution in [0.4, 0.5) is 0 Å². The Bertz CT molecular complexity index is 743. The van der Waals surface area contributed by atoms with Crippen LogP contribution in [-0.2, 0) is 21.1 Å². The minimum atomic E-state index is -3.41. The zero-order valence-corrected chi connectivity index (χ0v) is 14.1. The summed E-state index contributed by atoms with van der Waals surface area (Å²) in [4.78, 5) is 12.0. The Hall–Kier alpha value is -1.85. The molecule has 0 spiro atoms. The molecule has 2 rings (SSSR count). The molecule has 0 aliphatic rings. The summed E-state index contributed by atoms with van der Waals surface area (Å²) in [7, 11) is -3.41. The predicted molar refractivity (Wildman–Crippen MR) is 91.3 cm³/mol. The van der Waals surface area contributed by atoms with Crippen molar-refractivity contribution in [2.45, 2.75) is 17.7 Å². The smallest absolute Gasteiger partial charge is 0.221 e. The summed E-state index contributed by atoms with van der Waals surface area (Å²) in [5.74, 6) is -0.456. The molecule has 2 aromatic rings. The molecule has 2 aromatic carbocycles. The fraction of sp³-hybridized carbons (Fsp3) is 0.235. The van der Waals surface area contributed by atoms with Gasteiger partial charge in [-0.25, -0.2) is 8.42 Å². The normalized spacial score (nSPS) is 11.2. The summed E-state index contributed by atoms with van der Waals surface area (Å²) in [5.41, 5.74) is 1.06. The van der Waals surface area contributed by atoms with Crippen LogP contribution in [0.5, 0.6) is 0 Å². The molecule has 0 atom stereocenters. The third-order valence-corrected chi connectivity index (χ3v) is 5.33. The van der Waals surface area contributed by atoms with Gasteiger partial charge in [0, 0.05) is 18.0 Å². The molecule has 1 amide bonds. The van der Waals surface area contributed by atoms with Crippen LogP contribution in [0.2, 0.25) is 5.02 Å². The lowest BCUT2D eigenvalue weighted by molar-refractivity contribution is -0.120. The summed E-state index contributed by atoms with van der Waals surface area (Å²) in [5, 5.41) is 3.40. The first-order chi connectivity index (χ1) is 11.0. The van der Waals surface area contributed by atoms with Gasteiger partial charge < -0.3 is 5.32 Å². The maximum absolute atomic E-state index is 12.1. The first kappa shape index (κ1) is 17.5. The van der Waals surface area contributed by atoms with Crippen LogP contribution in [0.15, 0.2) is 59.5 Å². The van der Waals surface area contributed by atoms with E-state index in [2.05, 4.69) is 5.32 Å². The van der Waals surface area contributed by atoms with Crippen molar-refractivity contribution >= 4 is 27.3 Å². The van der Waals surface area contributed by atoms with E-state index in [-0.39, 0.29) is 23.0 Å². The van der Waals surface area contributed by atoms with Crippen LogP contribution in [0.3, 0.4) is 0 Å². The summed E-state index contributed by atoms with van der Waals surface area (Å²) >= 11 is 5.80. The van der Waals surface area contributed by atoms with Gasteiger partial charge in [-0.05, 0) is 36.2 Å². The van der Waals surface area contributed by atoms with Gasteiger partial charge in [-0.15, -0.1) is 0 Å². The highest BCUT2D eigenvalue weighted by molar-refractivity contribution is 7.91. The highest BCUT2D eigenvalue weighted by Crippen LogP contribution is 2.11. The van der Waals surface area contributed by atoms with Crippen LogP contribution in [0, 0.1) is 0 Å². The van der Waals surface area contributed by atoms with Gasteiger partial charge in [0.2, 0.25) is 5.91 Å². The molecule has 0 radical (unpaired) electrons. The quantitative estimate of drug-likeness (QED) is 0.834. The lowest BCUT2D eigenvalue weighted by Gasteiger charge is -2.07. The van der Waals surface area contributed by atoms with Crippen molar-refractivity contribution < 1.29 is 13.2 Å². The number of hydrogen-bond donors (Lipinski definition) is 1. The van der Waals surface area contributed by atoms with Gasteiger partial charge >= 0.3 is 0 Å². The molecule has 6 heteroatoms. The molecule has 0 unspecified atom stereocenters. The van der Waals surface area contributed by atoms with Crippen LogP contribution in [0.25, 0.3) is 0 Å². The van der Waals surface area contributed by atoms with Crippen molar-refractivity contribution in [3.63, 3.8) is 0 Å². The molecule has 122 valence electrons. The second-order valence-corrected chi connectivity index (χ2v) is 7.65. The molecule has 0 aliphatic heterocycles. The number of rotatable bonds is 7. The number of halogens is 1. The molecule has 0 heterocycles. The van der Waals surface area contributed by atoms with Gasteiger partial charge in [0.15, 0.2) is 9.84 Å². The lowest BCUT2D eigenvalue weighted by Crippen LogP contribution is -2.27. The van der Waals surface area contributed by atoms with E-state index in [4.69, 9.17) is 11.6 Å². The van der Waals surface area contributed by atoms with Crippen molar-refractivity contribution in [3.05, 3.63) is 65.2 Å². The Labute approximate surface area is 141 Å². The van der Waals surface area contributed by atoms with E-state index in [1.54, 1.807) is 30.3 Å². The average molecular weight is 352 g/mol. The zero-order valence-electron chi connectivity index (χ0n) is 12.5. The number of hydrogen-bond acceptors (Lipinski definition) is 3. The van der Waals surface area contributed by atoms with Crippen LogP contribution < -0.4 is 5.32 Å². The summed E-state index contributed by atoms with van der Waals surface area (Å²) in [6.45, 7) is 0.464. The third-order valence-electron chi connectivity index (χ3n) is 3.35. The molecule has 4 nitrogen and oxygen atoms in total. The predicted octanol–water partition coefficient (Wildman–Crippen LogP) is 2.86. The first-order valence-corrected chi connectivity index (χ1v) is 9.29. The van der Waals surface area contributed by atoms with Crippen molar-refractivity contribution in [3.8, 4) is 0 Å². The van der Waals surface area contributed by atoms with Gasteiger partial charge in [0.25, 0.3) is 0 Å². The monoisotopic (exact) mass is 351 g/mol.